The number of nitrogens with zero attached hydrogens (tertiary/aromatic N) is 2. The molecule has 2 aromatic carbocycles. The fraction of sp³-hybridized carbons (Fsp3) is 0.417. The third-order valence-corrected chi connectivity index (χ3v) is 11.2. The average Bonchev–Trinajstić information content (AvgIpc) is 3.55. The van der Waals surface area contributed by atoms with Crippen LogP contribution in [0, 0.1) is 0 Å². The minimum atomic E-state index is -4.39. The van der Waals surface area contributed by atoms with E-state index in [-0.39, 0.29) is 17.1 Å². The van der Waals surface area contributed by atoms with Crippen LogP contribution in [-0.4, -0.2) is 61.6 Å². The molecule has 0 saturated carbocycles. The third-order valence-electron chi connectivity index (χ3n) is 8.51. The molecule has 47 heavy (non-hydrogen) atoms. The molecule has 4 rings (SSSR count). The lowest BCUT2D eigenvalue weighted by Gasteiger charge is -2.24. The Morgan fingerprint density at radius 2 is 1.40 bits per heavy atom. The number of thiophene rings is 1. The van der Waals surface area contributed by atoms with Crippen LogP contribution in [-0.2, 0) is 25.7 Å². The Bertz CT molecular complexity index is 1830. The van der Waals surface area contributed by atoms with E-state index in [9.17, 15) is 21.4 Å². The average molecular weight is 700 g/mol. The Balaban J connectivity index is 1.53. The van der Waals surface area contributed by atoms with E-state index in [1.807, 2.05) is 26.0 Å². The van der Waals surface area contributed by atoms with Crippen molar-refractivity contribution in [1.82, 2.24) is 0 Å². The summed E-state index contributed by atoms with van der Waals surface area (Å²) in [5.74, 6) is -0.323. The topological polar surface area (TPSA) is 115 Å². The summed E-state index contributed by atoms with van der Waals surface area (Å²) >= 11 is 1.66. The molecule has 0 fully saturated rings. The third kappa shape index (κ3) is 9.96. The van der Waals surface area contributed by atoms with E-state index in [0.717, 1.165) is 45.4 Å². The van der Waals surface area contributed by atoms with Crippen molar-refractivity contribution in [2.45, 2.75) is 76.5 Å². The molecule has 0 radical (unpaired) electrons. The second kappa shape index (κ2) is 15.9. The van der Waals surface area contributed by atoms with Gasteiger partial charge in [0.05, 0.1) is 16.1 Å². The molecule has 11 heteroatoms. The molecule has 2 heterocycles. The molecule has 1 aromatic heterocycles. The summed E-state index contributed by atoms with van der Waals surface area (Å²) in [5.41, 5.74) is 4.29. The van der Waals surface area contributed by atoms with Gasteiger partial charge in [0.15, 0.2) is 5.71 Å². The summed E-state index contributed by atoms with van der Waals surface area (Å²) in [7, 11) is -8.44. The van der Waals surface area contributed by atoms with Gasteiger partial charge in [-0.05, 0) is 87.2 Å². The van der Waals surface area contributed by atoms with Crippen molar-refractivity contribution in [3.63, 3.8) is 0 Å². The SMILES string of the molecule is CCCCN(CCCC)c1ccc(/C=C/c2ccc(/C=C/C3=[N+](CCCCS(=O)(=O)O)c4ccc(S(=O)(=O)O)cc4C3(C)C)s2)cc1. The predicted octanol–water partition coefficient (Wildman–Crippen LogP) is 8.33. The first-order chi connectivity index (χ1) is 22.2. The van der Waals surface area contributed by atoms with Crippen LogP contribution in [0.25, 0.3) is 18.2 Å². The lowest BCUT2D eigenvalue weighted by atomic mass is 9.81. The van der Waals surface area contributed by atoms with Crippen molar-refractivity contribution in [1.29, 1.82) is 0 Å². The molecular formula is C36H47N2O6S3+. The lowest BCUT2D eigenvalue weighted by molar-refractivity contribution is -0.438. The highest BCUT2D eigenvalue weighted by Gasteiger charge is 2.44. The quantitative estimate of drug-likeness (QED) is 0.0827. The largest absolute Gasteiger partial charge is 0.372 e. The van der Waals surface area contributed by atoms with Gasteiger partial charge in [-0.1, -0.05) is 44.9 Å². The van der Waals surface area contributed by atoms with E-state index in [4.69, 9.17) is 4.55 Å². The molecule has 8 nitrogen and oxygen atoms in total. The molecule has 0 aliphatic carbocycles. The first-order valence-electron chi connectivity index (χ1n) is 16.3. The second-order valence-corrected chi connectivity index (χ2v) is 16.6. The number of anilines is 1. The zero-order chi connectivity index (χ0) is 34.2. The second-order valence-electron chi connectivity index (χ2n) is 12.5. The molecule has 3 aromatic rings. The van der Waals surface area contributed by atoms with Crippen molar-refractivity contribution in [3.8, 4) is 0 Å². The smallest absolute Gasteiger partial charge is 0.294 e. The Hall–Kier alpha value is -3.09. The van der Waals surface area contributed by atoms with Crippen molar-refractivity contribution < 1.29 is 30.5 Å². The maximum absolute atomic E-state index is 11.9. The van der Waals surface area contributed by atoms with Crippen molar-refractivity contribution in [2.75, 3.05) is 30.3 Å². The Kier molecular flexibility index (Phi) is 12.4. The van der Waals surface area contributed by atoms with Crippen LogP contribution in [0.5, 0.6) is 0 Å². The number of benzene rings is 2. The summed E-state index contributed by atoms with van der Waals surface area (Å²) in [5, 5.41) is 0. The van der Waals surface area contributed by atoms with Gasteiger partial charge in [0.25, 0.3) is 20.2 Å². The van der Waals surface area contributed by atoms with Gasteiger partial charge in [-0.2, -0.15) is 21.4 Å². The van der Waals surface area contributed by atoms with Crippen molar-refractivity contribution in [2.24, 2.45) is 0 Å². The highest BCUT2D eigenvalue weighted by atomic mass is 32.2. The van der Waals surface area contributed by atoms with Crippen LogP contribution in [0.2, 0.25) is 0 Å². The number of fused-ring (bicyclic) bond motifs is 1. The van der Waals surface area contributed by atoms with Crippen molar-refractivity contribution in [3.05, 3.63) is 81.6 Å². The van der Waals surface area contributed by atoms with E-state index in [0.29, 0.717) is 13.0 Å². The fourth-order valence-electron chi connectivity index (χ4n) is 5.86. The van der Waals surface area contributed by atoms with Gasteiger partial charge < -0.3 is 4.90 Å². The van der Waals surface area contributed by atoms with Crippen LogP contribution in [0.4, 0.5) is 11.4 Å². The first-order valence-corrected chi connectivity index (χ1v) is 20.1. The predicted molar refractivity (Wildman–Crippen MR) is 195 cm³/mol. The molecule has 0 amide bonds. The summed E-state index contributed by atoms with van der Waals surface area (Å²) in [4.78, 5) is 4.47. The van der Waals surface area contributed by atoms with E-state index in [2.05, 4.69) is 71.9 Å². The molecule has 2 N–H and O–H groups in total. The van der Waals surface area contributed by atoms with E-state index in [1.165, 1.54) is 43.5 Å². The maximum Gasteiger partial charge on any atom is 0.294 e. The molecule has 0 spiro atoms. The minimum Gasteiger partial charge on any atom is -0.372 e. The fourth-order valence-corrected chi connectivity index (χ4v) is 7.75. The molecule has 1 aliphatic rings. The molecule has 254 valence electrons. The molecule has 0 saturated heterocycles. The molecular weight excluding hydrogens is 653 g/mol. The van der Waals surface area contributed by atoms with Gasteiger partial charge >= 0.3 is 0 Å². The lowest BCUT2D eigenvalue weighted by Crippen LogP contribution is -2.28. The van der Waals surface area contributed by atoms with Gasteiger partial charge in [0.2, 0.25) is 5.69 Å². The van der Waals surface area contributed by atoms with Gasteiger partial charge in [-0.15, -0.1) is 11.3 Å². The monoisotopic (exact) mass is 699 g/mol. The molecule has 0 atom stereocenters. The van der Waals surface area contributed by atoms with Crippen LogP contribution < -0.4 is 4.90 Å². The minimum absolute atomic E-state index is 0.171. The summed E-state index contributed by atoms with van der Waals surface area (Å²) in [6, 6.07) is 17.5. The zero-order valence-electron chi connectivity index (χ0n) is 27.7. The van der Waals surface area contributed by atoms with Gasteiger partial charge in [0.1, 0.15) is 6.54 Å². The van der Waals surface area contributed by atoms with Crippen LogP contribution in [0.15, 0.2) is 65.6 Å². The molecule has 0 unspecified atom stereocenters. The highest BCUT2D eigenvalue weighted by Crippen LogP contribution is 2.41. The van der Waals surface area contributed by atoms with E-state index >= 15 is 0 Å². The summed E-state index contributed by atoms with van der Waals surface area (Å²) in [6.45, 7) is 11.1. The molecule has 1 aliphatic heterocycles. The van der Waals surface area contributed by atoms with Crippen LogP contribution in [0.1, 0.15) is 87.1 Å². The van der Waals surface area contributed by atoms with Gasteiger partial charge in [-0.3, -0.25) is 9.11 Å². The summed E-state index contributed by atoms with van der Waals surface area (Å²) in [6.07, 6.45) is 13.8. The van der Waals surface area contributed by atoms with Crippen LogP contribution in [0.3, 0.4) is 0 Å². The Morgan fingerprint density at radius 3 is 1.98 bits per heavy atom. The van der Waals surface area contributed by atoms with E-state index < -0.39 is 25.7 Å². The summed E-state index contributed by atoms with van der Waals surface area (Å²) < 4.78 is 67.2. The van der Waals surface area contributed by atoms with Gasteiger partial charge in [0, 0.05) is 52.7 Å². The molecule has 0 bridgehead atoms. The van der Waals surface area contributed by atoms with Crippen LogP contribution >= 0.6 is 11.3 Å². The Labute approximate surface area is 284 Å². The number of hydrogen-bond donors (Lipinski definition) is 2. The number of unbranched alkanes of at least 4 members (excludes halogenated alkanes) is 3. The number of rotatable bonds is 17. The van der Waals surface area contributed by atoms with E-state index in [1.54, 1.807) is 17.4 Å². The number of allylic oxidation sites excluding steroid dienone is 1. The van der Waals surface area contributed by atoms with Gasteiger partial charge in [-0.25, -0.2) is 0 Å². The standard InChI is InChI=1S/C36H46N2O6S3/c1-5-7-23-37(24-8-6-2)29-14-11-28(12-15-29)13-16-30-17-18-31(45-30)19-22-35-36(3,4)33-27-32(47(42,43)44)20-21-34(33)38(35)25-9-10-26-46(39,40)41/h11-22,27H,5-10,23-26H2,1-4H3,(H-,39,40,41,42,43,44)/p+1. The highest BCUT2D eigenvalue weighted by molar-refractivity contribution is 7.86. The Morgan fingerprint density at radius 1 is 0.787 bits per heavy atom. The van der Waals surface area contributed by atoms with Crippen molar-refractivity contribution >= 4 is 66.9 Å². The normalized spacial score (nSPS) is 14.9. The zero-order valence-corrected chi connectivity index (χ0v) is 30.2. The first kappa shape index (κ1) is 36.7. The maximum atomic E-state index is 11.9. The number of hydrogen-bond acceptors (Lipinski definition) is 6.